The largest absolute Gasteiger partial charge is 0.416 e. The highest BCUT2D eigenvalue weighted by Gasteiger charge is 2.29. The zero-order valence-corrected chi connectivity index (χ0v) is 12.3. The molecular formula is C17H18F3NO. The first kappa shape index (κ1) is 16.5. The van der Waals surface area contributed by atoms with Gasteiger partial charge in [0.25, 0.3) is 0 Å². The summed E-state index contributed by atoms with van der Waals surface area (Å²) in [6, 6.07) is 13.0. The lowest BCUT2D eigenvalue weighted by molar-refractivity contribution is -0.137. The average molecular weight is 309 g/mol. The lowest BCUT2D eigenvalue weighted by atomic mass is 10.0. The highest BCUT2D eigenvalue weighted by atomic mass is 19.4. The molecule has 0 atom stereocenters. The van der Waals surface area contributed by atoms with Crippen LogP contribution in [-0.4, -0.2) is 20.3 Å². The van der Waals surface area contributed by atoms with Crippen LogP contribution in [0.4, 0.5) is 13.2 Å². The molecule has 2 rings (SSSR count). The van der Waals surface area contributed by atoms with Crippen LogP contribution in [0.15, 0.2) is 48.5 Å². The molecule has 0 bridgehead atoms. The quantitative estimate of drug-likeness (QED) is 0.811. The van der Waals surface area contributed by atoms with Crippen molar-refractivity contribution < 1.29 is 17.9 Å². The Labute approximate surface area is 127 Å². The second kappa shape index (κ2) is 7.42. The van der Waals surface area contributed by atoms with Crippen LogP contribution in [0.2, 0.25) is 0 Å². The van der Waals surface area contributed by atoms with Gasteiger partial charge in [0, 0.05) is 20.2 Å². The van der Waals surface area contributed by atoms with E-state index in [-0.39, 0.29) is 0 Å². The zero-order chi connectivity index (χ0) is 16.0. The summed E-state index contributed by atoms with van der Waals surface area (Å²) in [7, 11) is 1.65. The Balaban J connectivity index is 2.01. The topological polar surface area (TPSA) is 21.3 Å². The van der Waals surface area contributed by atoms with Crippen LogP contribution in [0.25, 0.3) is 11.1 Å². The van der Waals surface area contributed by atoms with Crippen molar-refractivity contribution in [3.63, 3.8) is 0 Å². The number of hydrogen-bond acceptors (Lipinski definition) is 2. The van der Waals surface area contributed by atoms with Gasteiger partial charge in [-0.1, -0.05) is 36.4 Å². The van der Waals surface area contributed by atoms with Crippen molar-refractivity contribution in [2.45, 2.75) is 12.7 Å². The van der Waals surface area contributed by atoms with Crippen molar-refractivity contribution in [1.29, 1.82) is 0 Å². The maximum atomic E-state index is 12.5. The van der Waals surface area contributed by atoms with E-state index in [1.165, 1.54) is 12.1 Å². The number of nitrogens with one attached hydrogen (secondary N) is 1. The van der Waals surface area contributed by atoms with Gasteiger partial charge in [-0.2, -0.15) is 13.2 Å². The number of alkyl halides is 3. The van der Waals surface area contributed by atoms with Gasteiger partial charge in [0.2, 0.25) is 0 Å². The zero-order valence-electron chi connectivity index (χ0n) is 12.3. The standard InChI is InChI=1S/C17H18F3NO/c1-22-11-10-21-12-13-2-4-14(5-3-13)15-6-8-16(9-7-15)17(18,19)20/h2-9,21H,10-12H2,1H3. The average Bonchev–Trinajstić information content (AvgIpc) is 2.51. The molecule has 5 heteroatoms. The molecule has 2 aromatic rings. The van der Waals surface area contributed by atoms with Crippen LogP contribution in [-0.2, 0) is 17.5 Å². The third kappa shape index (κ3) is 4.58. The number of methoxy groups -OCH3 is 1. The normalized spacial score (nSPS) is 11.6. The van der Waals surface area contributed by atoms with Crippen molar-refractivity contribution in [2.24, 2.45) is 0 Å². The van der Waals surface area contributed by atoms with E-state index < -0.39 is 11.7 Å². The Morgan fingerprint density at radius 3 is 1.95 bits per heavy atom. The Bertz CT molecular complexity index is 576. The summed E-state index contributed by atoms with van der Waals surface area (Å²) >= 11 is 0. The van der Waals surface area contributed by atoms with E-state index in [0.29, 0.717) is 6.61 Å². The van der Waals surface area contributed by atoms with Gasteiger partial charge in [0.1, 0.15) is 0 Å². The Morgan fingerprint density at radius 1 is 0.909 bits per heavy atom. The van der Waals surface area contributed by atoms with Crippen LogP contribution in [0.5, 0.6) is 0 Å². The summed E-state index contributed by atoms with van der Waals surface area (Å²) in [6.07, 6.45) is -4.30. The Kier molecular flexibility index (Phi) is 5.57. The minimum Gasteiger partial charge on any atom is -0.383 e. The molecule has 0 aliphatic heterocycles. The predicted octanol–water partition coefficient (Wildman–Crippen LogP) is 4.11. The second-order valence-electron chi connectivity index (χ2n) is 4.94. The molecule has 2 nitrogen and oxygen atoms in total. The number of benzene rings is 2. The fourth-order valence-corrected chi connectivity index (χ4v) is 2.07. The third-order valence-electron chi connectivity index (χ3n) is 3.31. The summed E-state index contributed by atoms with van der Waals surface area (Å²) < 4.78 is 42.5. The molecule has 0 heterocycles. The molecule has 0 radical (unpaired) electrons. The molecule has 0 fully saturated rings. The lowest BCUT2D eigenvalue weighted by Gasteiger charge is -2.09. The van der Waals surface area contributed by atoms with Crippen molar-refractivity contribution >= 4 is 0 Å². The van der Waals surface area contributed by atoms with Gasteiger partial charge in [0.05, 0.1) is 12.2 Å². The summed E-state index contributed by atoms with van der Waals surface area (Å²) in [6.45, 7) is 2.16. The maximum Gasteiger partial charge on any atom is 0.416 e. The predicted molar refractivity (Wildman–Crippen MR) is 80.5 cm³/mol. The van der Waals surface area contributed by atoms with Gasteiger partial charge in [-0.15, -0.1) is 0 Å². The SMILES string of the molecule is COCCNCc1ccc(-c2ccc(C(F)(F)F)cc2)cc1. The van der Waals surface area contributed by atoms with Crippen LogP contribution in [0, 0.1) is 0 Å². The fraction of sp³-hybridized carbons (Fsp3) is 0.294. The van der Waals surface area contributed by atoms with Crippen molar-refractivity contribution in [1.82, 2.24) is 5.32 Å². The molecule has 118 valence electrons. The first-order valence-corrected chi connectivity index (χ1v) is 6.97. The van der Waals surface area contributed by atoms with E-state index in [2.05, 4.69) is 5.32 Å². The number of ether oxygens (including phenoxy) is 1. The number of rotatable bonds is 6. The molecule has 2 aromatic carbocycles. The highest BCUT2D eigenvalue weighted by molar-refractivity contribution is 5.64. The van der Waals surface area contributed by atoms with Crippen LogP contribution in [0.3, 0.4) is 0 Å². The molecule has 0 spiro atoms. The summed E-state index contributed by atoms with van der Waals surface area (Å²) in [4.78, 5) is 0. The summed E-state index contributed by atoms with van der Waals surface area (Å²) in [5, 5.41) is 3.24. The van der Waals surface area contributed by atoms with Crippen LogP contribution in [0.1, 0.15) is 11.1 Å². The molecular weight excluding hydrogens is 291 g/mol. The van der Waals surface area contributed by atoms with Crippen molar-refractivity contribution in [3.05, 3.63) is 59.7 Å². The smallest absolute Gasteiger partial charge is 0.383 e. The first-order chi connectivity index (χ1) is 10.5. The lowest BCUT2D eigenvalue weighted by Crippen LogP contribution is -2.18. The molecule has 0 aliphatic rings. The van der Waals surface area contributed by atoms with E-state index in [4.69, 9.17) is 4.74 Å². The van der Waals surface area contributed by atoms with Crippen LogP contribution < -0.4 is 5.32 Å². The molecule has 22 heavy (non-hydrogen) atoms. The molecule has 0 saturated heterocycles. The minimum atomic E-state index is -4.30. The van der Waals surface area contributed by atoms with E-state index in [0.717, 1.165) is 41.9 Å². The van der Waals surface area contributed by atoms with Gasteiger partial charge >= 0.3 is 6.18 Å². The van der Waals surface area contributed by atoms with E-state index in [1.54, 1.807) is 7.11 Å². The van der Waals surface area contributed by atoms with Crippen molar-refractivity contribution in [3.8, 4) is 11.1 Å². The summed E-state index contributed by atoms with van der Waals surface area (Å²) in [5.41, 5.74) is 2.16. The molecule has 0 saturated carbocycles. The Hall–Kier alpha value is -1.85. The van der Waals surface area contributed by atoms with Gasteiger partial charge < -0.3 is 10.1 Å². The fourth-order valence-electron chi connectivity index (χ4n) is 2.07. The second-order valence-corrected chi connectivity index (χ2v) is 4.94. The van der Waals surface area contributed by atoms with E-state index >= 15 is 0 Å². The number of hydrogen-bond donors (Lipinski definition) is 1. The van der Waals surface area contributed by atoms with Gasteiger partial charge in [0.15, 0.2) is 0 Å². The third-order valence-corrected chi connectivity index (χ3v) is 3.31. The summed E-state index contributed by atoms with van der Waals surface area (Å²) in [5.74, 6) is 0. The van der Waals surface area contributed by atoms with Gasteiger partial charge in [-0.05, 0) is 28.8 Å². The highest BCUT2D eigenvalue weighted by Crippen LogP contribution is 2.30. The van der Waals surface area contributed by atoms with Crippen LogP contribution >= 0.6 is 0 Å². The maximum absolute atomic E-state index is 12.5. The Morgan fingerprint density at radius 2 is 1.45 bits per heavy atom. The molecule has 0 unspecified atom stereocenters. The first-order valence-electron chi connectivity index (χ1n) is 6.97. The molecule has 1 N–H and O–H groups in total. The van der Waals surface area contributed by atoms with E-state index in [1.807, 2.05) is 24.3 Å². The van der Waals surface area contributed by atoms with E-state index in [9.17, 15) is 13.2 Å². The van der Waals surface area contributed by atoms with Crippen molar-refractivity contribution in [2.75, 3.05) is 20.3 Å². The molecule has 0 amide bonds. The molecule has 0 aromatic heterocycles. The monoisotopic (exact) mass is 309 g/mol. The van der Waals surface area contributed by atoms with Gasteiger partial charge in [-0.3, -0.25) is 0 Å². The minimum absolute atomic E-state index is 0.629. The number of halogens is 3. The molecule has 0 aliphatic carbocycles. The van der Waals surface area contributed by atoms with Gasteiger partial charge in [-0.25, -0.2) is 0 Å².